The number of carbonyl (C=O) groups excluding carboxylic acids is 1. The van der Waals surface area contributed by atoms with Crippen molar-refractivity contribution in [2.24, 2.45) is 0 Å². The van der Waals surface area contributed by atoms with Gasteiger partial charge in [-0.3, -0.25) is 0 Å². The molecule has 2 atom stereocenters. The molecular formula is C14H20N2O3S. The van der Waals surface area contributed by atoms with E-state index in [-0.39, 0.29) is 18.5 Å². The lowest BCUT2D eigenvalue weighted by Gasteiger charge is -2.26. The van der Waals surface area contributed by atoms with Crippen molar-refractivity contribution in [1.82, 2.24) is 10.2 Å². The molecule has 20 heavy (non-hydrogen) atoms. The van der Waals surface area contributed by atoms with Crippen molar-refractivity contribution in [3.05, 3.63) is 35.0 Å². The topological polar surface area (TPSA) is 69.6 Å². The van der Waals surface area contributed by atoms with E-state index in [1.54, 1.807) is 18.4 Å². The molecule has 0 aliphatic carbocycles. The fourth-order valence-electron chi connectivity index (χ4n) is 1.70. The van der Waals surface area contributed by atoms with Gasteiger partial charge in [0.05, 0.1) is 0 Å². The van der Waals surface area contributed by atoms with Crippen LogP contribution in [0.4, 0.5) is 4.79 Å². The van der Waals surface area contributed by atoms with Crippen LogP contribution in [0.3, 0.4) is 0 Å². The summed E-state index contributed by atoms with van der Waals surface area (Å²) in [4.78, 5) is 25.7. The van der Waals surface area contributed by atoms with Crippen LogP contribution in [0, 0.1) is 0 Å². The Labute approximate surface area is 122 Å². The first-order valence-electron chi connectivity index (χ1n) is 6.35. The predicted octanol–water partition coefficient (Wildman–Crippen LogP) is 2.35. The number of likely N-dealkylation sites (N-methyl/N-ethyl adjacent to an activating group) is 1. The highest BCUT2D eigenvalue weighted by atomic mass is 32.1. The van der Waals surface area contributed by atoms with Gasteiger partial charge in [0.2, 0.25) is 0 Å². The van der Waals surface area contributed by atoms with Crippen LogP contribution in [0.2, 0.25) is 0 Å². The zero-order chi connectivity index (χ0) is 15.1. The summed E-state index contributed by atoms with van der Waals surface area (Å²) in [5.74, 6) is -1.06. The van der Waals surface area contributed by atoms with Gasteiger partial charge in [-0.1, -0.05) is 12.1 Å². The van der Waals surface area contributed by atoms with Gasteiger partial charge in [-0.15, -0.1) is 17.9 Å². The SMILES string of the molecule is C=CCC(NC(=O)N(C)C(C)Cc1cccs1)C(=O)O. The molecule has 1 aromatic rings. The highest BCUT2D eigenvalue weighted by molar-refractivity contribution is 7.09. The van der Waals surface area contributed by atoms with E-state index in [1.165, 1.54) is 15.9 Å². The number of aliphatic carboxylic acids is 1. The van der Waals surface area contributed by atoms with E-state index < -0.39 is 12.0 Å². The third kappa shape index (κ3) is 4.70. The van der Waals surface area contributed by atoms with Crippen molar-refractivity contribution in [3.63, 3.8) is 0 Å². The third-order valence-electron chi connectivity index (χ3n) is 3.06. The molecular weight excluding hydrogens is 276 g/mol. The van der Waals surface area contributed by atoms with Gasteiger partial charge >= 0.3 is 12.0 Å². The summed E-state index contributed by atoms with van der Waals surface area (Å²) in [6, 6.07) is 2.66. The molecule has 0 radical (unpaired) electrons. The zero-order valence-corrected chi connectivity index (χ0v) is 12.5. The Morgan fingerprint density at radius 2 is 2.30 bits per heavy atom. The van der Waals surface area contributed by atoms with Gasteiger partial charge in [-0.2, -0.15) is 0 Å². The number of carbonyl (C=O) groups is 2. The number of carboxylic acids is 1. The second kappa shape index (κ2) is 7.69. The van der Waals surface area contributed by atoms with Gasteiger partial charge in [0, 0.05) is 24.4 Å². The first-order valence-corrected chi connectivity index (χ1v) is 7.23. The van der Waals surface area contributed by atoms with E-state index in [1.807, 2.05) is 24.4 Å². The quantitative estimate of drug-likeness (QED) is 0.759. The number of thiophene rings is 1. The molecule has 2 unspecified atom stereocenters. The molecule has 0 spiro atoms. The highest BCUT2D eigenvalue weighted by Gasteiger charge is 2.22. The van der Waals surface area contributed by atoms with Crippen LogP contribution in [0.1, 0.15) is 18.2 Å². The van der Waals surface area contributed by atoms with Crippen molar-refractivity contribution in [2.45, 2.75) is 31.8 Å². The highest BCUT2D eigenvalue weighted by Crippen LogP contribution is 2.13. The summed E-state index contributed by atoms with van der Waals surface area (Å²) in [6.45, 7) is 5.43. The fourth-order valence-corrected chi connectivity index (χ4v) is 2.52. The van der Waals surface area contributed by atoms with Gasteiger partial charge in [0.25, 0.3) is 0 Å². The molecule has 0 bridgehead atoms. The number of hydrogen-bond donors (Lipinski definition) is 2. The summed E-state index contributed by atoms with van der Waals surface area (Å²) >= 11 is 1.64. The normalized spacial score (nSPS) is 13.3. The van der Waals surface area contributed by atoms with Crippen LogP contribution >= 0.6 is 11.3 Å². The van der Waals surface area contributed by atoms with E-state index in [9.17, 15) is 9.59 Å². The third-order valence-corrected chi connectivity index (χ3v) is 3.96. The molecule has 1 heterocycles. The maximum atomic E-state index is 12.0. The predicted molar refractivity (Wildman–Crippen MR) is 80.0 cm³/mol. The molecule has 1 aromatic heterocycles. The van der Waals surface area contributed by atoms with Crippen molar-refractivity contribution in [1.29, 1.82) is 0 Å². The maximum Gasteiger partial charge on any atom is 0.326 e. The van der Waals surface area contributed by atoms with Crippen molar-refractivity contribution < 1.29 is 14.7 Å². The first kappa shape index (κ1) is 16.2. The lowest BCUT2D eigenvalue weighted by atomic mass is 10.2. The van der Waals surface area contributed by atoms with Crippen molar-refractivity contribution >= 4 is 23.3 Å². The summed E-state index contributed by atoms with van der Waals surface area (Å²) < 4.78 is 0. The fraction of sp³-hybridized carbons (Fsp3) is 0.429. The molecule has 0 aliphatic heterocycles. The van der Waals surface area contributed by atoms with Crippen LogP contribution < -0.4 is 5.32 Å². The monoisotopic (exact) mass is 296 g/mol. The van der Waals surface area contributed by atoms with Gasteiger partial charge in [0.1, 0.15) is 6.04 Å². The molecule has 1 rings (SSSR count). The van der Waals surface area contributed by atoms with Crippen LogP contribution in [-0.4, -0.2) is 41.1 Å². The average Bonchev–Trinajstić information content (AvgIpc) is 2.89. The Kier molecular flexibility index (Phi) is 6.24. The number of nitrogens with one attached hydrogen (secondary N) is 1. The first-order chi connectivity index (χ1) is 9.45. The van der Waals surface area contributed by atoms with E-state index >= 15 is 0 Å². The average molecular weight is 296 g/mol. The largest absolute Gasteiger partial charge is 0.480 e. The Morgan fingerprint density at radius 3 is 2.80 bits per heavy atom. The molecule has 2 amide bonds. The number of rotatable bonds is 7. The minimum absolute atomic E-state index is 0.00757. The van der Waals surface area contributed by atoms with E-state index in [0.717, 1.165) is 6.42 Å². The molecule has 2 N–H and O–H groups in total. The lowest BCUT2D eigenvalue weighted by molar-refractivity contribution is -0.139. The van der Waals surface area contributed by atoms with Crippen molar-refractivity contribution in [3.8, 4) is 0 Å². The number of hydrogen-bond acceptors (Lipinski definition) is 3. The Morgan fingerprint density at radius 1 is 1.60 bits per heavy atom. The summed E-state index contributed by atoms with van der Waals surface area (Å²) in [5, 5.41) is 13.5. The molecule has 0 saturated heterocycles. The molecule has 0 aromatic carbocycles. The number of carboxylic acid groups (broad SMARTS) is 1. The number of urea groups is 1. The molecule has 5 nitrogen and oxygen atoms in total. The summed E-state index contributed by atoms with van der Waals surface area (Å²) in [7, 11) is 1.67. The van der Waals surface area contributed by atoms with Crippen LogP contribution in [0.15, 0.2) is 30.2 Å². The van der Waals surface area contributed by atoms with Gasteiger partial charge in [0.15, 0.2) is 0 Å². The number of nitrogens with zero attached hydrogens (tertiary/aromatic N) is 1. The lowest BCUT2D eigenvalue weighted by Crippen LogP contribution is -2.49. The van der Waals surface area contributed by atoms with Crippen LogP contribution in [0.25, 0.3) is 0 Å². The minimum atomic E-state index is -1.06. The molecule has 6 heteroatoms. The Bertz CT molecular complexity index is 459. The van der Waals surface area contributed by atoms with Crippen LogP contribution in [0.5, 0.6) is 0 Å². The summed E-state index contributed by atoms with van der Waals surface area (Å²) in [6.07, 6.45) is 2.43. The van der Waals surface area contributed by atoms with Crippen molar-refractivity contribution in [2.75, 3.05) is 7.05 Å². The number of amides is 2. The summed E-state index contributed by atoms with van der Waals surface area (Å²) in [5.41, 5.74) is 0. The smallest absolute Gasteiger partial charge is 0.326 e. The van der Waals surface area contributed by atoms with Crippen LogP contribution in [-0.2, 0) is 11.2 Å². The standard InChI is InChI=1S/C14H20N2O3S/c1-4-6-12(13(17)18)15-14(19)16(3)10(2)9-11-7-5-8-20-11/h4-5,7-8,10,12H,1,6,9H2,2-3H3,(H,15,19)(H,17,18). The molecule has 110 valence electrons. The molecule has 0 fully saturated rings. The van der Waals surface area contributed by atoms with E-state index in [4.69, 9.17) is 5.11 Å². The Hall–Kier alpha value is -1.82. The molecule has 0 aliphatic rings. The van der Waals surface area contributed by atoms with Gasteiger partial charge in [-0.25, -0.2) is 9.59 Å². The second-order valence-corrected chi connectivity index (χ2v) is 5.64. The van der Waals surface area contributed by atoms with Gasteiger partial charge < -0.3 is 15.3 Å². The zero-order valence-electron chi connectivity index (χ0n) is 11.7. The van der Waals surface area contributed by atoms with E-state index in [2.05, 4.69) is 11.9 Å². The second-order valence-electron chi connectivity index (χ2n) is 4.61. The van der Waals surface area contributed by atoms with Gasteiger partial charge in [-0.05, 0) is 24.8 Å². The van der Waals surface area contributed by atoms with E-state index in [0.29, 0.717) is 0 Å². The maximum absolute atomic E-state index is 12.0. The molecule has 0 saturated carbocycles. The minimum Gasteiger partial charge on any atom is -0.480 e. The Balaban J connectivity index is 2.56.